The number of carbonyl (C=O) groups excluding carboxylic acids is 3. The van der Waals surface area contributed by atoms with Gasteiger partial charge in [-0.25, -0.2) is 0 Å². The Hall–Kier alpha value is -1.45. The van der Waals surface area contributed by atoms with Gasteiger partial charge in [-0.1, -0.05) is 13.3 Å². The summed E-state index contributed by atoms with van der Waals surface area (Å²) >= 11 is 0. The lowest BCUT2D eigenvalue weighted by Gasteiger charge is -2.20. The van der Waals surface area contributed by atoms with Crippen molar-refractivity contribution in [1.29, 1.82) is 0 Å². The predicted octanol–water partition coefficient (Wildman–Crippen LogP) is 0.279. The van der Waals surface area contributed by atoms with E-state index in [1.54, 1.807) is 0 Å². The molecule has 0 bridgehead atoms. The zero-order valence-corrected chi connectivity index (χ0v) is 7.40. The molecule has 0 aromatic carbocycles. The first-order valence-electron chi connectivity index (χ1n) is 4.21. The van der Waals surface area contributed by atoms with Gasteiger partial charge in [0, 0.05) is 12.2 Å². The number of aldehydes is 1. The van der Waals surface area contributed by atoms with Gasteiger partial charge in [0.15, 0.2) is 0 Å². The number of nitrogens with zero attached hydrogens (tertiary/aromatic N) is 1. The van der Waals surface area contributed by atoms with Crippen molar-refractivity contribution < 1.29 is 14.4 Å². The van der Waals surface area contributed by atoms with Gasteiger partial charge in [0.05, 0.1) is 6.04 Å². The molecule has 1 atom stereocenters. The minimum absolute atomic E-state index is 0.393. The zero-order valence-electron chi connectivity index (χ0n) is 7.40. The van der Waals surface area contributed by atoms with Gasteiger partial charge < -0.3 is 4.79 Å². The molecule has 1 rings (SSSR count). The standard InChI is InChI=1S/C9H11NO3/c1-2-3-7(6-11)10-8(12)4-5-9(10)13/h4-7H,2-3H2,1H3. The largest absolute Gasteiger partial charge is 0.301 e. The maximum atomic E-state index is 11.1. The first-order valence-corrected chi connectivity index (χ1v) is 4.21. The lowest BCUT2D eigenvalue weighted by Crippen LogP contribution is -2.40. The van der Waals surface area contributed by atoms with E-state index in [0.717, 1.165) is 11.3 Å². The molecule has 0 aliphatic carbocycles. The second-order valence-electron chi connectivity index (χ2n) is 2.87. The van der Waals surface area contributed by atoms with Crippen molar-refractivity contribution in [1.82, 2.24) is 4.90 Å². The maximum absolute atomic E-state index is 11.1. The molecule has 70 valence electrons. The summed E-state index contributed by atoms with van der Waals surface area (Å²) in [4.78, 5) is 33.8. The molecule has 0 fully saturated rings. The van der Waals surface area contributed by atoms with Gasteiger partial charge in [-0.05, 0) is 6.42 Å². The SMILES string of the molecule is CCCC(C=O)N1C(=O)C=CC1=O. The normalized spacial score (nSPS) is 18.1. The van der Waals surface area contributed by atoms with E-state index in [9.17, 15) is 14.4 Å². The van der Waals surface area contributed by atoms with Crippen molar-refractivity contribution >= 4 is 18.1 Å². The summed E-state index contributed by atoms with van der Waals surface area (Å²) in [5, 5.41) is 0. The molecule has 0 saturated carbocycles. The van der Waals surface area contributed by atoms with Crippen LogP contribution < -0.4 is 0 Å². The molecule has 0 aromatic rings. The average molecular weight is 181 g/mol. The lowest BCUT2D eigenvalue weighted by atomic mass is 10.1. The Labute approximate surface area is 76.2 Å². The Kier molecular flexibility index (Phi) is 2.95. The Balaban J connectivity index is 2.74. The molecule has 2 amide bonds. The molecule has 4 nitrogen and oxygen atoms in total. The van der Waals surface area contributed by atoms with Crippen LogP contribution in [-0.4, -0.2) is 29.0 Å². The molecule has 0 aromatic heterocycles. The summed E-state index contributed by atoms with van der Waals surface area (Å²) in [6.07, 6.45) is 4.32. The van der Waals surface area contributed by atoms with Crippen LogP contribution in [0.15, 0.2) is 12.2 Å². The third-order valence-corrected chi connectivity index (χ3v) is 1.92. The second-order valence-corrected chi connectivity index (χ2v) is 2.87. The fourth-order valence-electron chi connectivity index (χ4n) is 1.29. The average Bonchev–Trinajstić information content (AvgIpc) is 2.43. The highest BCUT2D eigenvalue weighted by Crippen LogP contribution is 2.11. The van der Waals surface area contributed by atoms with E-state index in [-0.39, 0.29) is 0 Å². The summed E-state index contributed by atoms with van der Waals surface area (Å²) in [6, 6.07) is -0.597. The molecular formula is C9H11NO3. The minimum Gasteiger partial charge on any atom is -0.301 e. The maximum Gasteiger partial charge on any atom is 0.254 e. The zero-order chi connectivity index (χ0) is 9.84. The van der Waals surface area contributed by atoms with E-state index >= 15 is 0 Å². The van der Waals surface area contributed by atoms with Crippen molar-refractivity contribution in [3.8, 4) is 0 Å². The van der Waals surface area contributed by atoms with Crippen LogP contribution in [0.25, 0.3) is 0 Å². The topological polar surface area (TPSA) is 54.5 Å². The van der Waals surface area contributed by atoms with Crippen LogP contribution >= 0.6 is 0 Å². The summed E-state index contributed by atoms with van der Waals surface area (Å²) in [6.45, 7) is 1.90. The Morgan fingerprint density at radius 1 is 1.38 bits per heavy atom. The van der Waals surface area contributed by atoms with Crippen LogP contribution in [0.2, 0.25) is 0 Å². The molecule has 1 aliphatic heterocycles. The summed E-state index contributed by atoms with van der Waals surface area (Å²) in [5.74, 6) is -0.786. The Morgan fingerprint density at radius 3 is 2.31 bits per heavy atom. The second kappa shape index (κ2) is 3.98. The molecule has 0 saturated heterocycles. The first-order chi connectivity index (χ1) is 6.20. The van der Waals surface area contributed by atoms with E-state index in [0.29, 0.717) is 12.7 Å². The van der Waals surface area contributed by atoms with Gasteiger partial charge in [-0.15, -0.1) is 0 Å². The van der Waals surface area contributed by atoms with Gasteiger partial charge in [0.1, 0.15) is 6.29 Å². The van der Waals surface area contributed by atoms with Gasteiger partial charge in [0.2, 0.25) is 0 Å². The van der Waals surface area contributed by atoms with Gasteiger partial charge >= 0.3 is 0 Å². The molecule has 4 heteroatoms. The molecule has 0 N–H and O–H groups in total. The van der Waals surface area contributed by atoms with Gasteiger partial charge in [-0.3, -0.25) is 14.5 Å². The van der Waals surface area contributed by atoms with E-state index in [1.807, 2.05) is 6.92 Å². The molecule has 0 spiro atoms. The van der Waals surface area contributed by atoms with Crippen LogP contribution in [0, 0.1) is 0 Å². The Bertz CT molecular complexity index is 252. The van der Waals surface area contributed by atoms with Crippen LogP contribution in [0.1, 0.15) is 19.8 Å². The number of amides is 2. The van der Waals surface area contributed by atoms with Crippen molar-refractivity contribution in [2.45, 2.75) is 25.8 Å². The fourth-order valence-corrected chi connectivity index (χ4v) is 1.29. The molecule has 1 unspecified atom stereocenters. The number of hydrogen-bond acceptors (Lipinski definition) is 3. The Morgan fingerprint density at radius 2 is 1.92 bits per heavy atom. The first kappa shape index (κ1) is 9.64. The van der Waals surface area contributed by atoms with Crippen molar-refractivity contribution in [2.24, 2.45) is 0 Å². The smallest absolute Gasteiger partial charge is 0.254 e. The van der Waals surface area contributed by atoms with E-state index in [4.69, 9.17) is 0 Å². The van der Waals surface area contributed by atoms with Crippen LogP contribution in [0.4, 0.5) is 0 Å². The highest BCUT2D eigenvalue weighted by Gasteiger charge is 2.29. The van der Waals surface area contributed by atoms with Crippen LogP contribution in [0.5, 0.6) is 0 Å². The summed E-state index contributed by atoms with van der Waals surface area (Å²) in [7, 11) is 0. The van der Waals surface area contributed by atoms with Gasteiger partial charge in [-0.2, -0.15) is 0 Å². The fraction of sp³-hybridized carbons (Fsp3) is 0.444. The minimum atomic E-state index is -0.597. The highest BCUT2D eigenvalue weighted by atomic mass is 16.2. The van der Waals surface area contributed by atoms with Crippen LogP contribution in [-0.2, 0) is 14.4 Å². The molecule has 13 heavy (non-hydrogen) atoms. The third-order valence-electron chi connectivity index (χ3n) is 1.92. The molecule has 1 aliphatic rings. The van der Waals surface area contributed by atoms with Crippen LogP contribution in [0.3, 0.4) is 0 Å². The number of rotatable bonds is 4. The third kappa shape index (κ3) is 1.83. The summed E-state index contributed by atoms with van der Waals surface area (Å²) in [5.41, 5.74) is 0. The quantitative estimate of drug-likeness (QED) is 0.462. The van der Waals surface area contributed by atoms with Gasteiger partial charge in [0.25, 0.3) is 11.8 Å². The lowest BCUT2D eigenvalue weighted by molar-refractivity contribution is -0.142. The van der Waals surface area contributed by atoms with Crippen molar-refractivity contribution in [2.75, 3.05) is 0 Å². The predicted molar refractivity (Wildman–Crippen MR) is 45.8 cm³/mol. The number of imide groups is 1. The molecular weight excluding hydrogens is 170 g/mol. The summed E-state index contributed by atoms with van der Waals surface area (Å²) < 4.78 is 0. The number of hydrogen-bond donors (Lipinski definition) is 0. The molecule has 0 radical (unpaired) electrons. The van der Waals surface area contributed by atoms with E-state index < -0.39 is 17.9 Å². The monoisotopic (exact) mass is 181 g/mol. The van der Waals surface area contributed by atoms with E-state index in [2.05, 4.69) is 0 Å². The highest BCUT2D eigenvalue weighted by molar-refractivity contribution is 6.14. The van der Waals surface area contributed by atoms with Crippen molar-refractivity contribution in [3.05, 3.63) is 12.2 Å². The molecule has 1 heterocycles. The van der Waals surface area contributed by atoms with E-state index in [1.165, 1.54) is 12.2 Å². The number of carbonyl (C=O) groups is 3. The van der Waals surface area contributed by atoms with Crippen molar-refractivity contribution in [3.63, 3.8) is 0 Å².